The molecule has 0 aromatic heterocycles. The molecular formula is C84H164O17P2. The predicted octanol–water partition coefficient (Wildman–Crippen LogP) is 25.5. The Morgan fingerprint density at radius 1 is 0.262 bits per heavy atom. The fourth-order valence-electron chi connectivity index (χ4n) is 13.1. The van der Waals surface area contributed by atoms with E-state index in [0.29, 0.717) is 25.7 Å². The third kappa shape index (κ3) is 78.0. The first-order valence-electron chi connectivity index (χ1n) is 43.5. The van der Waals surface area contributed by atoms with E-state index in [9.17, 15) is 43.2 Å². The van der Waals surface area contributed by atoms with Crippen LogP contribution < -0.4 is 0 Å². The van der Waals surface area contributed by atoms with E-state index in [2.05, 4.69) is 41.5 Å². The van der Waals surface area contributed by atoms with E-state index >= 15 is 0 Å². The number of aliphatic hydroxyl groups is 1. The van der Waals surface area contributed by atoms with Crippen LogP contribution in [0.25, 0.3) is 0 Å². The van der Waals surface area contributed by atoms with Crippen molar-refractivity contribution in [2.24, 2.45) is 11.8 Å². The summed E-state index contributed by atoms with van der Waals surface area (Å²) in [5.74, 6) is -0.592. The number of phosphoric acid groups is 2. The molecular weight excluding hydrogens is 1340 g/mol. The van der Waals surface area contributed by atoms with Gasteiger partial charge < -0.3 is 33.8 Å². The fourth-order valence-corrected chi connectivity index (χ4v) is 14.6. The number of hydrogen-bond acceptors (Lipinski definition) is 15. The number of esters is 4. The summed E-state index contributed by atoms with van der Waals surface area (Å²) in [6.07, 6.45) is 66.6. The minimum Gasteiger partial charge on any atom is -0.462 e. The molecule has 5 atom stereocenters. The summed E-state index contributed by atoms with van der Waals surface area (Å²) < 4.78 is 68.8. The van der Waals surface area contributed by atoms with E-state index < -0.39 is 97.5 Å². The first-order valence-corrected chi connectivity index (χ1v) is 46.5. The molecule has 0 saturated carbocycles. The lowest BCUT2D eigenvalue weighted by Gasteiger charge is -2.21. The Balaban J connectivity index is 5.25. The van der Waals surface area contributed by atoms with Crippen LogP contribution in [-0.4, -0.2) is 96.7 Å². The van der Waals surface area contributed by atoms with Gasteiger partial charge in [0.2, 0.25) is 0 Å². The number of rotatable bonds is 83. The van der Waals surface area contributed by atoms with Crippen molar-refractivity contribution < 1.29 is 80.2 Å². The average Bonchev–Trinajstić information content (AvgIpc) is 0.910. The Hall–Kier alpha value is -1.94. The molecule has 0 aliphatic heterocycles. The summed E-state index contributed by atoms with van der Waals surface area (Å²) >= 11 is 0. The molecule has 19 heteroatoms. The first-order chi connectivity index (χ1) is 49.9. The Kier molecular flexibility index (Phi) is 74.1. The van der Waals surface area contributed by atoms with Crippen LogP contribution in [0.1, 0.15) is 446 Å². The van der Waals surface area contributed by atoms with Crippen LogP contribution >= 0.6 is 15.6 Å². The number of carbonyl (C=O) groups is 4. The van der Waals surface area contributed by atoms with Gasteiger partial charge in [0.1, 0.15) is 19.3 Å². The number of phosphoric ester groups is 2. The molecule has 0 aromatic rings. The van der Waals surface area contributed by atoms with Crippen LogP contribution in [0.3, 0.4) is 0 Å². The first kappa shape index (κ1) is 101. The van der Waals surface area contributed by atoms with Gasteiger partial charge in [-0.05, 0) is 37.5 Å². The van der Waals surface area contributed by atoms with E-state index in [-0.39, 0.29) is 25.7 Å². The molecule has 0 bridgehead atoms. The molecule has 0 saturated heterocycles. The van der Waals surface area contributed by atoms with Gasteiger partial charge in [-0.1, -0.05) is 395 Å². The van der Waals surface area contributed by atoms with Crippen molar-refractivity contribution >= 4 is 39.5 Å². The maximum absolute atomic E-state index is 13.1. The van der Waals surface area contributed by atoms with E-state index in [1.54, 1.807) is 0 Å². The Bertz CT molecular complexity index is 1980. The highest BCUT2D eigenvalue weighted by atomic mass is 31.2. The van der Waals surface area contributed by atoms with Crippen molar-refractivity contribution in [2.75, 3.05) is 39.6 Å². The molecule has 17 nitrogen and oxygen atoms in total. The summed E-state index contributed by atoms with van der Waals surface area (Å²) in [6, 6.07) is 0. The second-order valence-electron chi connectivity index (χ2n) is 31.2. The molecule has 103 heavy (non-hydrogen) atoms. The van der Waals surface area contributed by atoms with Crippen LogP contribution in [0, 0.1) is 11.8 Å². The molecule has 0 aliphatic carbocycles. The monoisotopic (exact) mass is 1510 g/mol. The van der Waals surface area contributed by atoms with E-state index in [4.69, 9.17) is 37.0 Å². The summed E-state index contributed by atoms with van der Waals surface area (Å²) in [5, 5.41) is 10.7. The number of carbonyl (C=O) groups excluding carboxylic acids is 4. The molecule has 612 valence electrons. The molecule has 0 radical (unpaired) electrons. The summed E-state index contributed by atoms with van der Waals surface area (Å²) in [4.78, 5) is 73.2. The standard InChI is InChI=1S/C84H164O17P2/c1-7-9-11-13-15-17-19-21-23-25-26-28-30-34-38-42-50-56-62-68-83(88)100-79(72-94-81(86)66-60-54-48-41-37-33-29-27-24-22-20-18-16-14-12-10-8-2)74-98-102(90,91)96-70-78(85)71-97-103(92,93)99-75-80(73-95-82(87)67-61-55-49-45-44-47-53-59-65-77(5)6)101-84(89)69-63-57-51-43-39-35-31-32-36-40-46-52-58-64-76(3)4/h76-80,85H,7-75H2,1-6H3,(H,90,91)(H,92,93)/t78-,79-,80-/m1/s1. The van der Waals surface area contributed by atoms with Crippen molar-refractivity contribution in [2.45, 2.75) is 464 Å². The Morgan fingerprint density at radius 2 is 0.447 bits per heavy atom. The lowest BCUT2D eigenvalue weighted by molar-refractivity contribution is -0.161. The zero-order valence-electron chi connectivity index (χ0n) is 67.6. The van der Waals surface area contributed by atoms with Crippen LogP contribution in [0.5, 0.6) is 0 Å². The van der Waals surface area contributed by atoms with Crippen LogP contribution in [-0.2, 0) is 65.4 Å². The maximum Gasteiger partial charge on any atom is 0.472 e. The van der Waals surface area contributed by atoms with Gasteiger partial charge in [-0.15, -0.1) is 0 Å². The molecule has 0 aromatic carbocycles. The van der Waals surface area contributed by atoms with Crippen molar-refractivity contribution in [1.82, 2.24) is 0 Å². The minimum absolute atomic E-state index is 0.107. The number of hydrogen-bond donors (Lipinski definition) is 3. The maximum atomic E-state index is 13.1. The summed E-state index contributed by atoms with van der Waals surface area (Å²) in [7, 11) is -9.93. The smallest absolute Gasteiger partial charge is 0.462 e. The SMILES string of the molecule is CCCCCCCCCCCCCCCCCCCCCC(=O)O[C@H](COC(=O)CCCCCCCCCCCCCCCCCCC)COP(=O)(O)OC[C@@H](O)COP(=O)(O)OC[C@@H](COC(=O)CCCCCCCCCCC(C)C)OC(=O)CCCCCCCCCCCCCCCC(C)C. The highest BCUT2D eigenvalue weighted by Crippen LogP contribution is 2.45. The quantitative estimate of drug-likeness (QED) is 0.0222. The van der Waals surface area contributed by atoms with Crippen molar-refractivity contribution in [1.29, 1.82) is 0 Å². The van der Waals surface area contributed by atoms with Crippen molar-refractivity contribution in [3.05, 3.63) is 0 Å². The van der Waals surface area contributed by atoms with E-state index in [1.165, 1.54) is 263 Å². The predicted molar refractivity (Wildman–Crippen MR) is 423 cm³/mol. The van der Waals surface area contributed by atoms with E-state index in [1.807, 2.05) is 0 Å². The zero-order valence-corrected chi connectivity index (χ0v) is 69.4. The average molecular weight is 1510 g/mol. The largest absolute Gasteiger partial charge is 0.472 e. The van der Waals surface area contributed by atoms with Gasteiger partial charge in [-0.2, -0.15) is 0 Å². The van der Waals surface area contributed by atoms with Crippen LogP contribution in [0.15, 0.2) is 0 Å². The van der Waals surface area contributed by atoms with Gasteiger partial charge in [-0.25, -0.2) is 9.13 Å². The van der Waals surface area contributed by atoms with Gasteiger partial charge in [0.25, 0.3) is 0 Å². The molecule has 0 heterocycles. The van der Waals surface area contributed by atoms with Crippen LogP contribution in [0.4, 0.5) is 0 Å². The molecule has 3 N–H and O–H groups in total. The number of unbranched alkanes of at least 4 members (excludes halogenated alkanes) is 53. The second kappa shape index (κ2) is 75.5. The molecule has 0 amide bonds. The fraction of sp³-hybridized carbons (Fsp3) is 0.952. The van der Waals surface area contributed by atoms with Gasteiger partial charge in [0.15, 0.2) is 12.2 Å². The van der Waals surface area contributed by atoms with E-state index in [0.717, 1.165) is 102 Å². The van der Waals surface area contributed by atoms with Crippen molar-refractivity contribution in [3.8, 4) is 0 Å². The molecule has 0 spiro atoms. The molecule has 2 unspecified atom stereocenters. The second-order valence-corrected chi connectivity index (χ2v) is 34.1. The van der Waals surface area contributed by atoms with Gasteiger partial charge >= 0.3 is 39.5 Å². The minimum atomic E-state index is -4.96. The zero-order chi connectivity index (χ0) is 75.6. The number of aliphatic hydroxyl groups excluding tert-OH is 1. The molecule has 0 fully saturated rings. The molecule has 0 aliphatic rings. The van der Waals surface area contributed by atoms with Gasteiger partial charge in [0.05, 0.1) is 26.4 Å². The Labute approximate surface area is 632 Å². The third-order valence-corrected chi connectivity index (χ3v) is 21.6. The summed E-state index contributed by atoms with van der Waals surface area (Å²) in [6.45, 7) is 9.64. The highest BCUT2D eigenvalue weighted by Gasteiger charge is 2.30. The summed E-state index contributed by atoms with van der Waals surface area (Å²) in [5.41, 5.74) is 0. The van der Waals surface area contributed by atoms with Crippen molar-refractivity contribution in [3.63, 3.8) is 0 Å². The molecule has 0 rings (SSSR count). The highest BCUT2D eigenvalue weighted by molar-refractivity contribution is 7.47. The number of ether oxygens (including phenoxy) is 4. The normalized spacial score (nSPS) is 13.9. The van der Waals surface area contributed by atoms with Crippen LogP contribution in [0.2, 0.25) is 0 Å². The lowest BCUT2D eigenvalue weighted by Crippen LogP contribution is -2.30. The van der Waals surface area contributed by atoms with Gasteiger partial charge in [0, 0.05) is 25.7 Å². The topological polar surface area (TPSA) is 237 Å². The van der Waals surface area contributed by atoms with Gasteiger partial charge in [-0.3, -0.25) is 37.3 Å². The lowest BCUT2D eigenvalue weighted by atomic mass is 10.0. The third-order valence-electron chi connectivity index (χ3n) is 19.7. The Morgan fingerprint density at radius 3 is 0.660 bits per heavy atom.